The molecule has 0 aromatic heterocycles. The average Bonchev–Trinajstić information content (AvgIpc) is 2.18. The third-order valence-corrected chi connectivity index (χ3v) is 2.86. The van der Waals surface area contributed by atoms with E-state index in [0.717, 1.165) is 32.6 Å². The lowest BCUT2D eigenvalue weighted by molar-refractivity contribution is -0.133. The number of hydrogen-bond donors (Lipinski definition) is 0. The Morgan fingerprint density at radius 1 is 1.21 bits per heavy atom. The van der Waals surface area contributed by atoms with Crippen molar-refractivity contribution in [1.29, 1.82) is 0 Å². The molecule has 0 saturated carbocycles. The Balaban J connectivity index is 2.31. The summed E-state index contributed by atoms with van der Waals surface area (Å²) in [6.45, 7) is 10.4. The van der Waals surface area contributed by atoms with E-state index in [-0.39, 0.29) is 0 Å². The second-order valence-electron chi connectivity index (χ2n) is 4.26. The van der Waals surface area contributed by atoms with Crippen LogP contribution in [0, 0.1) is 0 Å². The van der Waals surface area contributed by atoms with Gasteiger partial charge >= 0.3 is 0 Å². The summed E-state index contributed by atoms with van der Waals surface area (Å²) < 4.78 is 0. The van der Waals surface area contributed by atoms with Gasteiger partial charge in [-0.2, -0.15) is 0 Å². The molecule has 3 heteroatoms. The van der Waals surface area contributed by atoms with Crippen molar-refractivity contribution in [1.82, 2.24) is 9.80 Å². The molecule has 1 aliphatic rings. The Bertz CT molecular complexity index is 184. The molecule has 0 unspecified atom stereocenters. The summed E-state index contributed by atoms with van der Waals surface area (Å²) >= 11 is 0. The van der Waals surface area contributed by atoms with E-state index in [1.807, 2.05) is 4.90 Å². The van der Waals surface area contributed by atoms with Crippen LogP contribution in [0.3, 0.4) is 0 Å². The van der Waals surface area contributed by atoms with Crippen LogP contribution in [0.4, 0.5) is 0 Å². The minimum absolute atomic E-state index is 0.330. The van der Waals surface area contributed by atoms with Gasteiger partial charge in [0.1, 0.15) is 0 Å². The molecule has 0 aromatic rings. The van der Waals surface area contributed by atoms with Crippen molar-refractivity contribution in [3.8, 4) is 0 Å². The molecule has 0 N–H and O–H groups in total. The molecule has 1 saturated heterocycles. The van der Waals surface area contributed by atoms with Crippen LogP contribution in [-0.2, 0) is 4.79 Å². The molecule has 1 amide bonds. The van der Waals surface area contributed by atoms with Gasteiger partial charge in [-0.3, -0.25) is 9.69 Å². The maximum absolute atomic E-state index is 11.6. The first-order valence-electron chi connectivity index (χ1n) is 5.67. The van der Waals surface area contributed by atoms with Gasteiger partial charge in [0.15, 0.2) is 0 Å². The molecular weight excluding hydrogens is 176 g/mol. The van der Waals surface area contributed by atoms with Gasteiger partial charge in [0, 0.05) is 38.6 Å². The smallest absolute Gasteiger partial charge is 0.222 e. The quantitative estimate of drug-likeness (QED) is 0.683. The van der Waals surface area contributed by atoms with Crippen molar-refractivity contribution < 1.29 is 4.79 Å². The molecular formula is C11H22N2O. The topological polar surface area (TPSA) is 23.6 Å². The average molecular weight is 198 g/mol. The summed E-state index contributed by atoms with van der Waals surface area (Å²) in [7, 11) is 0. The van der Waals surface area contributed by atoms with Gasteiger partial charge < -0.3 is 4.90 Å². The molecule has 0 aliphatic carbocycles. The molecule has 1 rings (SSSR count). The molecule has 0 spiro atoms. The zero-order valence-electron chi connectivity index (χ0n) is 9.62. The lowest BCUT2D eigenvalue weighted by atomic mass is 10.2. The molecule has 14 heavy (non-hydrogen) atoms. The molecule has 1 heterocycles. The van der Waals surface area contributed by atoms with Crippen LogP contribution >= 0.6 is 0 Å². The molecule has 0 aromatic carbocycles. The van der Waals surface area contributed by atoms with Gasteiger partial charge in [-0.05, 0) is 20.3 Å². The first kappa shape index (κ1) is 11.5. The lowest BCUT2D eigenvalue weighted by Gasteiger charge is -2.36. The third kappa shape index (κ3) is 2.98. The summed E-state index contributed by atoms with van der Waals surface area (Å²) in [5.41, 5.74) is 0. The monoisotopic (exact) mass is 198 g/mol. The van der Waals surface area contributed by atoms with Crippen molar-refractivity contribution >= 4 is 5.91 Å². The van der Waals surface area contributed by atoms with Crippen LogP contribution in [0.15, 0.2) is 0 Å². The van der Waals surface area contributed by atoms with E-state index in [9.17, 15) is 4.79 Å². The third-order valence-electron chi connectivity index (χ3n) is 2.86. The van der Waals surface area contributed by atoms with Gasteiger partial charge in [-0.15, -0.1) is 0 Å². The van der Waals surface area contributed by atoms with Crippen LogP contribution < -0.4 is 0 Å². The van der Waals surface area contributed by atoms with Crippen LogP contribution in [-0.4, -0.2) is 47.9 Å². The van der Waals surface area contributed by atoms with Crippen molar-refractivity contribution in [3.05, 3.63) is 0 Å². The Morgan fingerprint density at radius 3 is 2.21 bits per heavy atom. The van der Waals surface area contributed by atoms with Gasteiger partial charge in [-0.25, -0.2) is 0 Å². The van der Waals surface area contributed by atoms with Crippen LogP contribution in [0.25, 0.3) is 0 Å². The van der Waals surface area contributed by atoms with E-state index in [1.54, 1.807) is 0 Å². The highest BCUT2D eigenvalue weighted by molar-refractivity contribution is 5.76. The fourth-order valence-electron chi connectivity index (χ4n) is 1.86. The molecule has 3 nitrogen and oxygen atoms in total. The number of piperazine rings is 1. The zero-order chi connectivity index (χ0) is 10.6. The van der Waals surface area contributed by atoms with Gasteiger partial charge in [-0.1, -0.05) is 6.92 Å². The Hall–Kier alpha value is -0.570. The summed E-state index contributed by atoms with van der Waals surface area (Å²) in [6, 6.07) is 0.610. The van der Waals surface area contributed by atoms with Gasteiger partial charge in [0.25, 0.3) is 0 Å². The fourth-order valence-corrected chi connectivity index (χ4v) is 1.86. The second-order valence-corrected chi connectivity index (χ2v) is 4.26. The zero-order valence-corrected chi connectivity index (χ0v) is 9.62. The Morgan fingerprint density at radius 2 is 1.79 bits per heavy atom. The lowest BCUT2D eigenvalue weighted by Crippen LogP contribution is -2.50. The Labute approximate surface area is 87.1 Å². The first-order valence-corrected chi connectivity index (χ1v) is 5.67. The SMILES string of the molecule is CCCC(=O)N1CCN(C(C)C)CC1. The normalized spacial score (nSPS) is 19.0. The van der Waals surface area contributed by atoms with Crippen LogP contribution in [0.2, 0.25) is 0 Å². The van der Waals surface area contributed by atoms with Crippen molar-refractivity contribution in [2.24, 2.45) is 0 Å². The predicted molar refractivity (Wildman–Crippen MR) is 58.2 cm³/mol. The molecule has 1 aliphatic heterocycles. The van der Waals surface area contributed by atoms with Gasteiger partial charge in [0.2, 0.25) is 5.91 Å². The highest BCUT2D eigenvalue weighted by Gasteiger charge is 2.21. The van der Waals surface area contributed by atoms with Crippen molar-refractivity contribution in [3.63, 3.8) is 0 Å². The summed E-state index contributed by atoms with van der Waals surface area (Å²) in [4.78, 5) is 16.0. The number of rotatable bonds is 3. The van der Waals surface area contributed by atoms with E-state index in [4.69, 9.17) is 0 Å². The van der Waals surface area contributed by atoms with Crippen LogP contribution in [0.1, 0.15) is 33.6 Å². The molecule has 0 bridgehead atoms. The maximum atomic E-state index is 11.6. The van der Waals surface area contributed by atoms with Crippen LogP contribution in [0.5, 0.6) is 0 Å². The van der Waals surface area contributed by atoms with E-state index >= 15 is 0 Å². The van der Waals surface area contributed by atoms with E-state index in [2.05, 4.69) is 25.7 Å². The van der Waals surface area contributed by atoms with Crippen molar-refractivity contribution in [2.75, 3.05) is 26.2 Å². The fraction of sp³-hybridized carbons (Fsp3) is 0.909. The standard InChI is InChI=1S/C11H22N2O/c1-4-5-11(14)13-8-6-12(7-9-13)10(2)3/h10H,4-9H2,1-3H3. The molecule has 0 atom stereocenters. The van der Waals surface area contributed by atoms with E-state index in [0.29, 0.717) is 18.4 Å². The van der Waals surface area contributed by atoms with E-state index in [1.165, 1.54) is 0 Å². The number of amides is 1. The highest BCUT2D eigenvalue weighted by Crippen LogP contribution is 2.07. The van der Waals surface area contributed by atoms with Crippen molar-refractivity contribution in [2.45, 2.75) is 39.7 Å². The molecule has 82 valence electrons. The van der Waals surface area contributed by atoms with Gasteiger partial charge in [0.05, 0.1) is 0 Å². The molecule has 1 fully saturated rings. The number of carbonyl (C=O) groups is 1. The summed E-state index contributed by atoms with van der Waals surface area (Å²) in [5.74, 6) is 0.330. The predicted octanol–water partition coefficient (Wildman–Crippen LogP) is 1.34. The van der Waals surface area contributed by atoms with E-state index < -0.39 is 0 Å². The number of hydrogen-bond acceptors (Lipinski definition) is 2. The highest BCUT2D eigenvalue weighted by atomic mass is 16.2. The number of nitrogens with zero attached hydrogens (tertiary/aromatic N) is 2. The second kappa shape index (κ2) is 5.35. The molecule has 0 radical (unpaired) electrons. The minimum Gasteiger partial charge on any atom is -0.340 e. The summed E-state index contributed by atoms with van der Waals surface area (Å²) in [5, 5.41) is 0. The first-order chi connectivity index (χ1) is 6.65. The maximum Gasteiger partial charge on any atom is 0.222 e. The number of carbonyl (C=O) groups excluding carboxylic acids is 1. The largest absolute Gasteiger partial charge is 0.340 e. The minimum atomic E-state index is 0.330. The Kier molecular flexibility index (Phi) is 4.39. The summed E-state index contributed by atoms with van der Waals surface area (Å²) in [6.07, 6.45) is 1.67.